The molecule has 1 N–H and O–H groups in total. The molecule has 1 fully saturated rings. The van der Waals surface area contributed by atoms with Crippen LogP contribution in [0.25, 0.3) is 11.3 Å². The molecule has 1 aromatic carbocycles. The average molecular weight is 376 g/mol. The van der Waals surface area contributed by atoms with E-state index in [1.165, 1.54) is 0 Å². The molecule has 1 atom stereocenters. The second-order valence-electron chi connectivity index (χ2n) is 6.13. The lowest BCUT2D eigenvalue weighted by Crippen LogP contribution is -2.31. The van der Waals surface area contributed by atoms with E-state index in [-0.39, 0.29) is 5.91 Å². The molecule has 0 saturated carbocycles. The lowest BCUT2D eigenvalue weighted by atomic mass is 10.1. The molecule has 2 aromatic rings. The van der Waals surface area contributed by atoms with E-state index in [9.17, 15) is 4.79 Å². The molecule has 1 unspecified atom stereocenters. The van der Waals surface area contributed by atoms with Gasteiger partial charge in [0.1, 0.15) is 5.69 Å². The highest BCUT2D eigenvalue weighted by Gasteiger charge is 2.28. The second kappa shape index (κ2) is 6.89. The number of amides is 1. The molecule has 3 rings (SSSR count). The van der Waals surface area contributed by atoms with Crippen LogP contribution in [0.1, 0.15) is 16.9 Å². The number of likely N-dealkylation sites (tertiary alicyclic amines) is 1. The van der Waals surface area contributed by atoms with Gasteiger partial charge in [0, 0.05) is 30.3 Å². The fourth-order valence-corrected chi connectivity index (χ4v) is 3.54. The van der Waals surface area contributed by atoms with Crippen molar-refractivity contribution in [2.24, 2.45) is 13.0 Å². The van der Waals surface area contributed by atoms with E-state index in [0.717, 1.165) is 47.5 Å². The molecule has 1 saturated heterocycles. The Balaban J connectivity index is 1.79. The highest BCUT2D eigenvalue weighted by Crippen LogP contribution is 2.25. The van der Waals surface area contributed by atoms with Crippen molar-refractivity contribution in [1.82, 2.24) is 14.8 Å². The Morgan fingerprint density at radius 1 is 1.26 bits per heavy atom. The standard InChI is InChI=1S/C18H22BrN3O/c1-20-11-13-9-10-22(12-13)18(23)17-8-7-16(21(17)2)14-3-5-15(19)6-4-14/h3-8,13,20H,9-12H2,1-2H3. The van der Waals surface area contributed by atoms with E-state index in [0.29, 0.717) is 5.92 Å². The summed E-state index contributed by atoms with van der Waals surface area (Å²) in [4.78, 5) is 14.8. The van der Waals surface area contributed by atoms with Crippen LogP contribution >= 0.6 is 15.9 Å². The summed E-state index contributed by atoms with van der Waals surface area (Å²) in [6.07, 6.45) is 1.08. The van der Waals surface area contributed by atoms with Crippen LogP contribution in [0, 0.1) is 5.92 Å². The van der Waals surface area contributed by atoms with Crippen LogP contribution in [0.3, 0.4) is 0 Å². The smallest absolute Gasteiger partial charge is 0.270 e. The van der Waals surface area contributed by atoms with Crippen LogP contribution in [0.5, 0.6) is 0 Å². The Kier molecular flexibility index (Phi) is 4.87. The van der Waals surface area contributed by atoms with Crippen LogP contribution < -0.4 is 5.32 Å². The normalized spacial score (nSPS) is 17.7. The highest BCUT2D eigenvalue weighted by molar-refractivity contribution is 9.10. The second-order valence-corrected chi connectivity index (χ2v) is 7.05. The Bertz CT molecular complexity index is 693. The van der Waals surface area contributed by atoms with E-state index in [2.05, 4.69) is 33.4 Å². The van der Waals surface area contributed by atoms with Gasteiger partial charge >= 0.3 is 0 Å². The number of nitrogens with zero attached hydrogens (tertiary/aromatic N) is 2. The zero-order valence-corrected chi connectivity index (χ0v) is 15.1. The third-order valence-corrected chi connectivity index (χ3v) is 5.08. The van der Waals surface area contributed by atoms with Crippen molar-refractivity contribution in [3.8, 4) is 11.3 Å². The number of nitrogens with one attached hydrogen (secondary N) is 1. The molecule has 122 valence electrons. The van der Waals surface area contributed by atoms with Gasteiger partial charge in [-0.2, -0.15) is 0 Å². The van der Waals surface area contributed by atoms with E-state index in [1.54, 1.807) is 0 Å². The molecule has 1 amide bonds. The average Bonchev–Trinajstić information content (AvgIpc) is 3.15. The first-order valence-electron chi connectivity index (χ1n) is 7.95. The minimum absolute atomic E-state index is 0.134. The zero-order chi connectivity index (χ0) is 16.4. The Morgan fingerprint density at radius 2 is 2.00 bits per heavy atom. The topological polar surface area (TPSA) is 37.3 Å². The third-order valence-electron chi connectivity index (χ3n) is 4.55. The first-order chi connectivity index (χ1) is 11.1. The molecule has 23 heavy (non-hydrogen) atoms. The molecule has 1 aromatic heterocycles. The minimum atomic E-state index is 0.134. The van der Waals surface area contributed by atoms with Gasteiger partial charge in [0.15, 0.2) is 0 Å². The Hall–Kier alpha value is -1.59. The van der Waals surface area contributed by atoms with Gasteiger partial charge in [-0.3, -0.25) is 4.79 Å². The van der Waals surface area contributed by atoms with E-state index < -0.39 is 0 Å². The van der Waals surface area contributed by atoms with Crippen molar-refractivity contribution in [3.63, 3.8) is 0 Å². The molecule has 2 heterocycles. The predicted octanol–water partition coefficient (Wildman–Crippen LogP) is 3.14. The van der Waals surface area contributed by atoms with Crippen molar-refractivity contribution in [2.75, 3.05) is 26.7 Å². The fraction of sp³-hybridized carbons (Fsp3) is 0.389. The third kappa shape index (κ3) is 3.35. The molecule has 1 aliphatic heterocycles. The summed E-state index contributed by atoms with van der Waals surface area (Å²) >= 11 is 3.46. The van der Waals surface area contributed by atoms with Gasteiger partial charge in [0.25, 0.3) is 5.91 Å². The largest absolute Gasteiger partial charge is 0.340 e. The Morgan fingerprint density at radius 3 is 2.70 bits per heavy atom. The number of rotatable bonds is 4. The fourth-order valence-electron chi connectivity index (χ4n) is 3.27. The van der Waals surface area contributed by atoms with Crippen LogP contribution in [0.15, 0.2) is 40.9 Å². The first-order valence-corrected chi connectivity index (χ1v) is 8.75. The lowest BCUT2D eigenvalue weighted by Gasteiger charge is -2.17. The van der Waals surface area contributed by atoms with Gasteiger partial charge in [-0.25, -0.2) is 0 Å². The van der Waals surface area contributed by atoms with E-state index in [4.69, 9.17) is 0 Å². The van der Waals surface area contributed by atoms with E-state index in [1.807, 2.05) is 47.8 Å². The zero-order valence-electron chi connectivity index (χ0n) is 13.6. The van der Waals surface area contributed by atoms with Gasteiger partial charge in [-0.1, -0.05) is 28.1 Å². The number of halogens is 1. The first kappa shape index (κ1) is 16.3. The van der Waals surface area contributed by atoms with Crippen molar-refractivity contribution in [1.29, 1.82) is 0 Å². The molecule has 0 spiro atoms. The van der Waals surface area contributed by atoms with Crippen molar-refractivity contribution in [2.45, 2.75) is 6.42 Å². The van der Waals surface area contributed by atoms with Gasteiger partial charge in [-0.15, -0.1) is 0 Å². The Labute approximate surface area is 145 Å². The van der Waals surface area contributed by atoms with Crippen molar-refractivity contribution >= 4 is 21.8 Å². The number of hydrogen-bond donors (Lipinski definition) is 1. The number of aromatic nitrogens is 1. The van der Waals surface area contributed by atoms with Gasteiger partial charge < -0.3 is 14.8 Å². The summed E-state index contributed by atoms with van der Waals surface area (Å²) in [6.45, 7) is 2.67. The van der Waals surface area contributed by atoms with Crippen molar-refractivity contribution < 1.29 is 4.79 Å². The SMILES string of the molecule is CNCC1CCN(C(=O)c2ccc(-c3ccc(Br)cc3)n2C)C1. The quantitative estimate of drug-likeness (QED) is 0.890. The number of benzene rings is 1. The monoisotopic (exact) mass is 375 g/mol. The van der Waals surface area contributed by atoms with Crippen LogP contribution in [0.4, 0.5) is 0 Å². The number of hydrogen-bond acceptors (Lipinski definition) is 2. The maximum Gasteiger partial charge on any atom is 0.270 e. The molecule has 1 aliphatic rings. The summed E-state index contributed by atoms with van der Waals surface area (Å²) in [6, 6.07) is 12.1. The minimum Gasteiger partial charge on any atom is -0.340 e. The lowest BCUT2D eigenvalue weighted by molar-refractivity contribution is 0.0778. The van der Waals surface area contributed by atoms with Crippen LogP contribution in [0.2, 0.25) is 0 Å². The molecule has 0 radical (unpaired) electrons. The summed E-state index contributed by atoms with van der Waals surface area (Å²) in [5.74, 6) is 0.699. The van der Waals surface area contributed by atoms with Crippen LogP contribution in [-0.4, -0.2) is 42.1 Å². The molecular formula is C18H22BrN3O. The predicted molar refractivity (Wildman–Crippen MR) is 96.5 cm³/mol. The molecule has 5 heteroatoms. The number of carbonyl (C=O) groups is 1. The maximum atomic E-state index is 12.8. The summed E-state index contributed by atoms with van der Waals surface area (Å²) in [7, 11) is 3.93. The van der Waals surface area contributed by atoms with Gasteiger partial charge in [0.05, 0.1) is 0 Å². The van der Waals surface area contributed by atoms with E-state index >= 15 is 0 Å². The van der Waals surface area contributed by atoms with Crippen LogP contribution in [-0.2, 0) is 7.05 Å². The van der Waals surface area contributed by atoms with Gasteiger partial charge in [-0.05, 0) is 55.8 Å². The van der Waals surface area contributed by atoms with Gasteiger partial charge in [0.2, 0.25) is 0 Å². The highest BCUT2D eigenvalue weighted by atomic mass is 79.9. The summed E-state index contributed by atoms with van der Waals surface area (Å²) in [5, 5.41) is 3.20. The maximum absolute atomic E-state index is 12.8. The molecule has 0 aliphatic carbocycles. The molecule has 4 nitrogen and oxygen atoms in total. The molecular weight excluding hydrogens is 354 g/mol. The molecule has 0 bridgehead atoms. The van der Waals surface area contributed by atoms with Crippen molar-refractivity contribution in [3.05, 3.63) is 46.6 Å². The number of carbonyl (C=O) groups excluding carboxylic acids is 1. The summed E-state index contributed by atoms with van der Waals surface area (Å²) < 4.78 is 3.05. The summed E-state index contributed by atoms with van der Waals surface area (Å²) in [5.41, 5.74) is 2.93.